The van der Waals surface area contributed by atoms with Gasteiger partial charge in [0.1, 0.15) is 0 Å². The van der Waals surface area contributed by atoms with E-state index in [1.165, 1.54) is 21.7 Å². The average molecular weight is 798 g/mol. The summed E-state index contributed by atoms with van der Waals surface area (Å²) in [4.78, 5) is 21.0. The molecule has 1 radical (unpaired) electrons. The molecule has 0 aliphatic rings. The Bertz CT molecular complexity index is 1740. The normalized spacial score (nSPS) is 11.9. The van der Waals surface area contributed by atoms with Crippen LogP contribution < -0.4 is 0 Å². The van der Waals surface area contributed by atoms with Crippen molar-refractivity contribution >= 4 is 38.1 Å². The van der Waals surface area contributed by atoms with Crippen LogP contribution in [0.5, 0.6) is 0 Å². The molecule has 4 nitrogen and oxygen atoms in total. The van der Waals surface area contributed by atoms with Crippen molar-refractivity contribution in [2.75, 3.05) is 0 Å². The third-order valence-corrected chi connectivity index (χ3v) is 9.28. The van der Waals surface area contributed by atoms with E-state index in [0.29, 0.717) is 0 Å². The Labute approximate surface area is 286 Å². The van der Waals surface area contributed by atoms with Crippen molar-refractivity contribution < 1.29 is 30.0 Å². The van der Waals surface area contributed by atoms with Crippen molar-refractivity contribution in [3.63, 3.8) is 0 Å². The first-order chi connectivity index (χ1) is 21.1. The number of carbonyl (C=O) groups excluding carboxylic acids is 1. The number of aliphatic hydroxyl groups is 1. The van der Waals surface area contributed by atoms with Crippen LogP contribution in [0.2, 0.25) is 0 Å². The summed E-state index contributed by atoms with van der Waals surface area (Å²) in [5.74, 6) is 0.547. The molecule has 0 aliphatic heterocycles. The standard InChI is InChI=1S/C26H21N2S.C13H24O2.Ir/c1-26(2,3)22-14-19(13-17-7-4-5-8-20(17)22)23-15-18(10-12-27-23)21-16-29-24-9-6-11-28-25(21)24;1-5-10(6-2)12(14)9-13(15)11(7-3)8-4;/h4-12,14-16H,1-3H3;9-11,14H,5-8H2,1-4H3;/q-1;;/b;12-9-;. The third-order valence-electron chi connectivity index (χ3n) is 8.34. The average Bonchev–Trinajstić information content (AvgIpc) is 3.46. The van der Waals surface area contributed by atoms with Gasteiger partial charge in [-0.25, -0.2) is 0 Å². The predicted molar refractivity (Wildman–Crippen MR) is 187 cm³/mol. The van der Waals surface area contributed by atoms with Crippen LogP contribution in [0.25, 0.3) is 43.4 Å². The van der Waals surface area contributed by atoms with E-state index in [1.54, 1.807) is 11.3 Å². The zero-order chi connectivity index (χ0) is 31.9. The summed E-state index contributed by atoms with van der Waals surface area (Å²) in [6, 6.07) is 22.6. The van der Waals surface area contributed by atoms with E-state index in [0.717, 1.165) is 59.0 Å². The summed E-state index contributed by atoms with van der Waals surface area (Å²) in [5, 5.41) is 14.3. The number of allylic oxidation sites excluding steroid dienone is 2. The first kappa shape index (κ1) is 36.3. The van der Waals surface area contributed by atoms with Crippen molar-refractivity contribution in [3.05, 3.63) is 95.8 Å². The van der Waals surface area contributed by atoms with Crippen LogP contribution in [-0.4, -0.2) is 20.9 Å². The van der Waals surface area contributed by atoms with E-state index in [4.69, 9.17) is 0 Å². The van der Waals surface area contributed by atoms with Crippen LogP contribution in [0.4, 0.5) is 0 Å². The third kappa shape index (κ3) is 8.76. The predicted octanol–water partition coefficient (Wildman–Crippen LogP) is 11.1. The molecular formula is C39H45IrN2O2S-. The number of ketones is 1. The van der Waals surface area contributed by atoms with E-state index in [-0.39, 0.29) is 48.9 Å². The molecule has 3 heterocycles. The Balaban J connectivity index is 0.000000297. The Morgan fingerprint density at radius 3 is 2.27 bits per heavy atom. The largest absolute Gasteiger partial charge is 0.512 e. The molecule has 239 valence electrons. The van der Waals surface area contributed by atoms with E-state index < -0.39 is 0 Å². The molecule has 0 unspecified atom stereocenters. The second-order valence-corrected chi connectivity index (χ2v) is 13.2. The maximum atomic E-state index is 11.7. The fraction of sp³-hybridized carbons (Fsp3) is 0.359. The fourth-order valence-corrected chi connectivity index (χ4v) is 6.51. The van der Waals surface area contributed by atoms with Gasteiger partial charge in [0.2, 0.25) is 0 Å². The minimum Gasteiger partial charge on any atom is -0.512 e. The molecule has 1 N–H and O–H groups in total. The number of fused-ring (bicyclic) bond motifs is 2. The zero-order valence-electron chi connectivity index (χ0n) is 27.5. The number of rotatable bonds is 9. The number of thiophene rings is 1. The van der Waals surface area contributed by atoms with Crippen LogP contribution in [0.15, 0.2) is 84.2 Å². The first-order valence-corrected chi connectivity index (χ1v) is 16.7. The van der Waals surface area contributed by atoms with Crippen LogP contribution in [0, 0.1) is 17.9 Å². The van der Waals surface area contributed by atoms with E-state index in [1.807, 2.05) is 46.2 Å². The molecule has 2 aromatic carbocycles. The Hall–Kier alpha value is -3.18. The fourth-order valence-electron chi connectivity index (χ4n) is 5.58. The molecule has 0 bridgehead atoms. The summed E-state index contributed by atoms with van der Waals surface area (Å²) in [5.41, 5.74) is 6.67. The van der Waals surface area contributed by atoms with Gasteiger partial charge in [-0.05, 0) is 54.9 Å². The van der Waals surface area contributed by atoms with Gasteiger partial charge in [-0.15, -0.1) is 40.5 Å². The minimum absolute atomic E-state index is 0. The summed E-state index contributed by atoms with van der Waals surface area (Å²) in [6.07, 6.45) is 8.65. The quantitative estimate of drug-likeness (QED) is 0.0917. The topological polar surface area (TPSA) is 63.1 Å². The molecule has 5 rings (SSSR count). The maximum Gasteiger partial charge on any atom is 0.162 e. The van der Waals surface area contributed by atoms with Crippen LogP contribution in [0.3, 0.4) is 0 Å². The minimum atomic E-state index is 0. The molecule has 5 aromatic rings. The summed E-state index contributed by atoms with van der Waals surface area (Å²) in [7, 11) is 0. The Morgan fingerprint density at radius 1 is 0.911 bits per heavy atom. The molecule has 6 heteroatoms. The molecule has 0 amide bonds. The van der Waals surface area contributed by atoms with Gasteiger partial charge in [-0.1, -0.05) is 83.7 Å². The molecule has 0 atom stereocenters. The van der Waals surface area contributed by atoms with Crippen molar-refractivity contribution in [1.29, 1.82) is 0 Å². The van der Waals surface area contributed by atoms with Gasteiger partial charge in [0.25, 0.3) is 0 Å². The van der Waals surface area contributed by atoms with Gasteiger partial charge < -0.3 is 5.11 Å². The molecule has 0 fully saturated rings. The van der Waals surface area contributed by atoms with Gasteiger partial charge >= 0.3 is 0 Å². The number of aromatic nitrogens is 2. The molecule has 0 spiro atoms. The first-order valence-electron chi connectivity index (χ1n) is 15.8. The number of pyridine rings is 2. The summed E-state index contributed by atoms with van der Waals surface area (Å²) in [6.45, 7) is 14.8. The molecular weight excluding hydrogens is 753 g/mol. The van der Waals surface area contributed by atoms with Crippen molar-refractivity contribution in [2.45, 2.75) is 79.6 Å². The van der Waals surface area contributed by atoms with Gasteiger partial charge in [0.15, 0.2) is 5.78 Å². The molecule has 45 heavy (non-hydrogen) atoms. The molecule has 3 aromatic heterocycles. The van der Waals surface area contributed by atoms with Crippen LogP contribution in [-0.2, 0) is 30.3 Å². The van der Waals surface area contributed by atoms with Crippen molar-refractivity contribution in [3.8, 4) is 22.4 Å². The monoisotopic (exact) mass is 798 g/mol. The summed E-state index contributed by atoms with van der Waals surface area (Å²) < 4.78 is 1.20. The SMILES string of the molecule is CC(C)(C)c1cc(-c2cc(-c3csc4cccnc34)ccn2)[c-]c2ccccc12.CCC(CC)C(=O)/C=C(\O)C(CC)CC.[Ir]. The number of hydrogen-bond donors (Lipinski definition) is 1. The molecule has 0 saturated heterocycles. The van der Waals surface area contributed by atoms with Crippen LogP contribution >= 0.6 is 11.3 Å². The van der Waals surface area contributed by atoms with E-state index in [2.05, 4.69) is 90.7 Å². The van der Waals surface area contributed by atoms with Crippen LogP contribution in [0.1, 0.15) is 79.7 Å². The van der Waals surface area contributed by atoms with Gasteiger partial charge in [0.05, 0.1) is 16.0 Å². The summed E-state index contributed by atoms with van der Waals surface area (Å²) >= 11 is 1.73. The maximum absolute atomic E-state index is 11.7. The van der Waals surface area contributed by atoms with Crippen molar-refractivity contribution in [1.82, 2.24) is 9.97 Å². The van der Waals surface area contributed by atoms with Crippen molar-refractivity contribution in [2.24, 2.45) is 11.8 Å². The van der Waals surface area contributed by atoms with E-state index >= 15 is 0 Å². The zero-order valence-corrected chi connectivity index (χ0v) is 30.7. The second-order valence-electron chi connectivity index (χ2n) is 12.3. The number of hydrogen-bond acceptors (Lipinski definition) is 5. The Kier molecular flexibility index (Phi) is 13.2. The number of carbonyl (C=O) groups is 1. The number of nitrogens with zero attached hydrogens (tertiary/aromatic N) is 2. The Morgan fingerprint density at radius 2 is 1.60 bits per heavy atom. The van der Waals surface area contributed by atoms with Gasteiger partial charge in [-0.3, -0.25) is 14.8 Å². The molecule has 0 aliphatic carbocycles. The van der Waals surface area contributed by atoms with Gasteiger partial charge in [-0.2, -0.15) is 0 Å². The smallest absolute Gasteiger partial charge is 0.162 e. The second kappa shape index (κ2) is 16.4. The number of aliphatic hydroxyl groups excluding tert-OH is 1. The molecule has 0 saturated carbocycles. The number of benzene rings is 2. The van der Waals surface area contributed by atoms with E-state index in [9.17, 15) is 9.90 Å². The van der Waals surface area contributed by atoms with Gasteiger partial charge in [0, 0.05) is 67.0 Å².